The third-order valence-electron chi connectivity index (χ3n) is 20.0. The molecule has 0 aliphatic rings. The number of aliphatic carboxylic acids is 4. The van der Waals surface area contributed by atoms with E-state index >= 15 is 0 Å². The summed E-state index contributed by atoms with van der Waals surface area (Å²) in [6.07, 6.45) is 31.8. The van der Waals surface area contributed by atoms with Crippen LogP contribution in [0.15, 0.2) is 350 Å². The highest BCUT2D eigenvalue weighted by Gasteiger charge is 2.18. The number of anilines is 6. The molecule has 0 aromatic heterocycles. The molecular formula is C111H82N6O10. The molecule has 127 heavy (non-hydrogen) atoms. The van der Waals surface area contributed by atoms with Crippen molar-refractivity contribution in [1.29, 1.82) is 0 Å². The molecule has 0 amide bonds. The molecule has 4 N–H and O–H groups in total. The van der Waals surface area contributed by atoms with Gasteiger partial charge in [-0.05, 0) is 235 Å². The van der Waals surface area contributed by atoms with Gasteiger partial charge < -0.3 is 39.7 Å². The number of rotatable bonds is 30. The third-order valence-corrected chi connectivity index (χ3v) is 20.0. The van der Waals surface area contributed by atoms with Crippen LogP contribution in [0.2, 0.25) is 0 Å². The fourth-order valence-electron chi connectivity index (χ4n) is 13.1. The van der Waals surface area contributed by atoms with Crippen LogP contribution < -0.4 is 19.3 Å². The molecule has 13 rings (SSSR count). The summed E-state index contributed by atoms with van der Waals surface area (Å²) in [4.78, 5) is 61.6. The number of hydrogen-bond acceptors (Lipinski definition) is 8. The zero-order chi connectivity index (χ0) is 89.4. The molecule has 0 bridgehead atoms. The maximum atomic E-state index is 11.3. The van der Waals surface area contributed by atoms with Gasteiger partial charge >= 0.3 is 23.9 Å². The van der Waals surface area contributed by atoms with Gasteiger partial charge in [-0.15, -0.1) is 0 Å². The Morgan fingerprint density at radius 1 is 0.244 bits per heavy atom. The van der Waals surface area contributed by atoms with Gasteiger partial charge in [0.25, 0.3) is 22.8 Å². The fourth-order valence-corrected chi connectivity index (χ4v) is 13.1. The van der Waals surface area contributed by atoms with E-state index in [1.54, 1.807) is 62.8 Å². The van der Waals surface area contributed by atoms with Crippen LogP contribution in [0, 0.1) is 33.2 Å². The van der Waals surface area contributed by atoms with Crippen LogP contribution in [-0.4, -0.2) is 58.5 Å². The van der Waals surface area contributed by atoms with Gasteiger partial charge in [0.2, 0.25) is 0 Å². The summed E-state index contributed by atoms with van der Waals surface area (Å²) in [5.74, 6) is -3.45. The summed E-state index contributed by atoms with van der Waals surface area (Å²) >= 11 is 0. The Balaban J connectivity index is 0.000000232. The largest absolute Gasteiger partial charge is 0.497 e. The number of carboxylic acids is 4. The predicted octanol–water partition coefficient (Wildman–Crippen LogP) is 27.0. The zero-order valence-corrected chi connectivity index (χ0v) is 69.3. The van der Waals surface area contributed by atoms with Crippen LogP contribution in [0.3, 0.4) is 0 Å². The van der Waals surface area contributed by atoms with Gasteiger partial charge in [-0.1, -0.05) is 297 Å². The Morgan fingerprint density at radius 3 is 0.614 bits per heavy atom. The van der Waals surface area contributed by atoms with Gasteiger partial charge in [-0.3, -0.25) is 19.2 Å². The maximum Gasteiger partial charge on any atom is 0.333 e. The number of benzene rings is 13. The summed E-state index contributed by atoms with van der Waals surface area (Å²) in [5.41, 5.74) is 22.3. The van der Waals surface area contributed by atoms with Crippen LogP contribution in [0.5, 0.6) is 11.5 Å². The molecule has 0 heterocycles. The molecule has 13 aromatic carbocycles. The van der Waals surface area contributed by atoms with Crippen molar-refractivity contribution in [2.24, 2.45) is 0 Å². The van der Waals surface area contributed by atoms with E-state index in [2.05, 4.69) is 248 Å². The normalized spacial score (nSPS) is 11.6. The summed E-state index contributed by atoms with van der Waals surface area (Å²) in [6.45, 7) is 30.4. The van der Waals surface area contributed by atoms with Crippen LogP contribution in [-0.2, 0) is 19.2 Å². The minimum atomic E-state index is -1.26. The van der Waals surface area contributed by atoms with Gasteiger partial charge in [0.1, 0.15) is 11.5 Å². The van der Waals surface area contributed by atoms with Crippen LogP contribution >= 0.6 is 0 Å². The van der Waals surface area contributed by atoms with Gasteiger partial charge in [-0.25, -0.2) is 19.4 Å². The molecule has 616 valence electrons. The van der Waals surface area contributed by atoms with Crippen molar-refractivity contribution in [1.82, 2.24) is 0 Å². The average molecular weight is 1660 g/mol. The molecule has 0 spiro atoms. The second kappa shape index (κ2) is 43.8. The van der Waals surface area contributed by atoms with E-state index in [4.69, 9.17) is 46.0 Å². The second-order valence-corrected chi connectivity index (χ2v) is 28.7. The van der Waals surface area contributed by atoms with Crippen LogP contribution in [0.1, 0.15) is 100 Å². The number of hydrogen-bond donors (Lipinski definition) is 4. The first kappa shape index (κ1) is 88.3. The third kappa shape index (κ3) is 25.3. The van der Waals surface area contributed by atoms with E-state index in [1.165, 1.54) is 29.9 Å². The molecule has 0 atom stereocenters. The van der Waals surface area contributed by atoms with Crippen LogP contribution in [0.25, 0.3) is 116 Å². The molecular weight excluding hydrogens is 1580 g/mol. The fraction of sp³-hybridized carbons (Fsp3) is 0.0270. The average Bonchev–Trinajstić information content (AvgIpc) is 0.805. The molecule has 0 aliphatic carbocycles. The minimum absolute atomic E-state index is 0.332. The Kier molecular flexibility index (Phi) is 30.5. The number of nitrogens with zero attached hydrogens (tertiary/aromatic N) is 6. The van der Waals surface area contributed by atoms with E-state index in [9.17, 15) is 29.4 Å². The van der Waals surface area contributed by atoms with Crippen molar-refractivity contribution in [2.75, 3.05) is 24.0 Å². The lowest BCUT2D eigenvalue weighted by Crippen LogP contribution is -2.09. The van der Waals surface area contributed by atoms with Crippen molar-refractivity contribution in [3.8, 4) is 11.5 Å². The molecule has 0 saturated carbocycles. The van der Waals surface area contributed by atoms with Gasteiger partial charge in [0.05, 0.1) is 40.5 Å². The first-order chi connectivity index (χ1) is 61.8. The lowest BCUT2D eigenvalue weighted by molar-refractivity contribution is -0.133. The lowest BCUT2D eigenvalue weighted by atomic mass is 9.95. The van der Waals surface area contributed by atoms with Gasteiger partial charge in [0.15, 0.2) is 0 Å². The van der Waals surface area contributed by atoms with Gasteiger partial charge in [0, 0.05) is 34.1 Å². The smallest absolute Gasteiger partial charge is 0.333 e. The number of carbonyl (C=O) groups is 4. The van der Waals surface area contributed by atoms with E-state index in [1.807, 2.05) is 134 Å². The summed E-state index contributed by atoms with van der Waals surface area (Å²) in [7, 11) is 3.31. The first-order valence-electron chi connectivity index (χ1n) is 39.9. The van der Waals surface area contributed by atoms with E-state index in [-0.39, 0.29) is 22.8 Å². The first-order valence-corrected chi connectivity index (χ1v) is 39.9. The van der Waals surface area contributed by atoms with Gasteiger partial charge in [-0.2, -0.15) is 0 Å². The summed E-state index contributed by atoms with van der Waals surface area (Å²) in [6, 6.07) is 104. The molecule has 0 unspecified atom stereocenters. The second-order valence-electron chi connectivity index (χ2n) is 28.7. The monoisotopic (exact) mass is 1660 g/mol. The maximum absolute atomic E-state index is 11.3. The summed E-state index contributed by atoms with van der Waals surface area (Å²) in [5, 5.41) is 36.7. The number of ether oxygens (including phenoxy) is 2. The van der Waals surface area contributed by atoms with Crippen molar-refractivity contribution in [2.45, 2.75) is 6.92 Å². The molecule has 16 nitrogen and oxygen atoms in total. The van der Waals surface area contributed by atoms with Crippen molar-refractivity contribution in [3.63, 3.8) is 0 Å². The molecule has 0 radical (unpaired) electrons. The van der Waals surface area contributed by atoms with Crippen molar-refractivity contribution < 1.29 is 49.1 Å². The SMILES string of the molecule is [C-]#[N+]/C(=C\c1ccc(/C=C/c2ccc(N(c3ccc(/C=C/C=C/c4ccc(C)cc4)cc3)c3ccc(/C=C/c4ccc(/C=C(\[N+]#[C-])C(=O)O)cc4)cc3)cc2)cc1)C(=O)O.[C-]#[N+]/C(=C\c1ccc(/C=C/c2ccc(N(c3ccc(C=C(c4ccc(OC)cc4)c4ccc(OC)cc4)cc3)c3ccc(/C=C/c4ccc(/C=C(\[N+]#[C-])C(=O)O)cc4)cc3)cc2)cc1)C(=O)O. The van der Waals surface area contributed by atoms with Crippen molar-refractivity contribution >= 4 is 155 Å². The Bertz CT molecular complexity index is 6310. The van der Waals surface area contributed by atoms with E-state index in [0.29, 0.717) is 22.3 Å². The number of methoxy groups -OCH3 is 2. The zero-order valence-electron chi connectivity index (χ0n) is 69.3. The molecule has 13 aromatic rings. The molecule has 0 saturated heterocycles. The number of allylic oxidation sites excluding steroid dienone is 2. The highest BCUT2D eigenvalue weighted by molar-refractivity contribution is 5.97. The highest BCUT2D eigenvalue weighted by Crippen LogP contribution is 2.39. The molecule has 0 aliphatic heterocycles. The topological polar surface area (TPSA) is 192 Å². The quantitative estimate of drug-likeness (QED) is 0.0144. The molecule has 0 fully saturated rings. The Hall–Kier alpha value is -18.0. The highest BCUT2D eigenvalue weighted by atomic mass is 16.5. The number of carboxylic acid groups (broad SMARTS) is 4. The van der Waals surface area contributed by atoms with E-state index in [0.717, 1.165) is 124 Å². The molecule has 16 heteroatoms. The van der Waals surface area contributed by atoms with Crippen molar-refractivity contribution in [3.05, 3.63) is 496 Å². The van der Waals surface area contributed by atoms with Crippen LogP contribution in [0.4, 0.5) is 34.1 Å². The standard InChI is InChI=1S/C58H43N3O6.C53H39N3O4/c1-59-55(57(62)63)38-45-13-9-40(10-14-45)5-7-42-17-27-49(28-18-42)61(50-29-19-43(20-30-50)8-6-41-11-15-46(16-12-41)39-56(60-2)58(64)65)51-31-21-44(22-32-51)37-54(47-23-33-52(66-3)34-24-47)48-25-35-53(67-4)36-26-48;1-38-8-10-39(11-9-38)6-4-5-7-40-24-30-47(31-25-40)56(48-32-26-43(27-33-48)14-12-41-16-20-45(21-17-41)36-50(54-2)52(57)58)49-34-28-44(29-35-49)15-13-42-18-22-46(23-19-42)37-51(55-3)53(59)60/h5-39H,3-4H3,(H,62,63)(H,64,65);4-37H,1H3,(H,57,58)(H,59,60)/b7-5+,8-6+,55-38-,56-39-;6-4+,7-5+,14-12+,15-13+,50-36-,51-37-. The minimum Gasteiger partial charge on any atom is -0.497 e. The predicted molar refractivity (Wildman–Crippen MR) is 515 cm³/mol. The Labute approximate surface area is 738 Å². The Morgan fingerprint density at radius 2 is 0.417 bits per heavy atom. The summed E-state index contributed by atoms with van der Waals surface area (Å²) < 4.78 is 10.9. The number of aryl methyl sites for hydroxylation is 1. The van der Waals surface area contributed by atoms with E-state index < -0.39 is 23.9 Å². The lowest BCUT2D eigenvalue weighted by Gasteiger charge is -2.26.